The Morgan fingerprint density at radius 2 is 2.07 bits per heavy atom. The number of halogens is 2. The molecule has 0 spiro atoms. The SMILES string of the molecule is O=C(C1CC=CC1)N(CCO)CC(F)F. The van der Waals surface area contributed by atoms with Gasteiger partial charge in [0.25, 0.3) is 6.43 Å². The molecule has 1 aliphatic rings. The van der Waals surface area contributed by atoms with Gasteiger partial charge in [-0.15, -0.1) is 0 Å². The molecule has 1 amide bonds. The van der Waals surface area contributed by atoms with Crippen molar-refractivity contribution in [3.63, 3.8) is 0 Å². The van der Waals surface area contributed by atoms with Crippen molar-refractivity contribution in [2.24, 2.45) is 5.92 Å². The van der Waals surface area contributed by atoms with Crippen LogP contribution in [0.1, 0.15) is 12.8 Å². The van der Waals surface area contributed by atoms with Crippen LogP contribution in [0.25, 0.3) is 0 Å². The maximum absolute atomic E-state index is 12.2. The molecule has 0 aliphatic heterocycles. The van der Waals surface area contributed by atoms with Gasteiger partial charge in [-0.05, 0) is 12.8 Å². The fourth-order valence-electron chi connectivity index (χ4n) is 1.66. The van der Waals surface area contributed by atoms with Gasteiger partial charge in [-0.2, -0.15) is 0 Å². The monoisotopic (exact) mass is 219 g/mol. The van der Waals surface area contributed by atoms with Gasteiger partial charge in [-0.1, -0.05) is 12.2 Å². The highest BCUT2D eigenvalue weighted by Gasteiger charge is 2.26. The van der Waals surface area contributed by atoms with Gasteiger partial charge in [0.2, 0.25) is 5.91 Å². The maximum atomic E-state index is 12.2. The first-order valence-electron chi connectivity index (χ1n) is 4.98. The zero-order chi connectivity index (χ0) is 11.3. The van der Waals surface area contributed by atoms with Gasteiger partial charge in [0, 0.05) is 12.5 Å². The van der Waals surface area contributed by atoms with Gasteiger partial charge in [-0.25, -0.2) is 8.78 Å². The van der Waals surface area contributed by atoms with E-state index in [1.807, 2.05) is 12.2 Å². The molecule has 86 valence electrons. The Kier molecular flexibility index (Phi) is 4.68. The molecule has 3 nitrogen and oxygen atoms in total. The van der Waals surface area contributed by atoms with Crippen LogP contribution in [0.3, 0.4) is 0 Å². The summed E-state index contributed by atoms with van der Waals surface area (Å²) in [5, 5.41) is 8.69. The third-order valence-electron chi connectivity index (χ3n) is 2.40. The number of alkyl halides is 2. The topological polar surface area (TPSA) is 40.5 Å². The van der Waals surface area contributed by atoms with Gasteiger partial charge < -0.3 is 10.0 Å². The number of allylic oxidation sites excluding steroid dienone is 2. The standard InChI is InChI=1S/C10H15F2NO2/c11-9(12)7-13(5-6-14)10(15)8-3-1-2-4-8/h1-2,8-9,14H,3-7H2. The lowest BCUT2D eigenvalue weighted by molar-refractivity contribution is -0.137. The number of nitrogens with zero attached hydrogens (tertiary/aromatic N) is 1. The molecule has 15 heavy (non-hydrogen) atoms. The van der Waals surface area contributed by atoms with Crippen molar-refractivity contribution in [2.45, 2.75) is 19.3 Å². The van der Waals surface area contributed by atoms with E-state index in [1.165, 1.54) is 0 Å². The smallest absolute Gasteiger partial charge is 0.255 e. The number of hydrogen-bond acceptors (Lipinski definition) is 2. The minimum absolute atomic E-state index is 0.0142. The number of carbonyl (C=O) groups excluding carboxylic acids is 1. The van der Waals surface area contributed by atoms with Crippen molar-refractivity contribution in [1.29, 1.82) is 0 Å². The molecule has 0 atom stereocenters. The fourth-order valence-corrected chi connectivity index (χ4v) is 1.66. The van der Waals surface area contributed by atoms with Crippen LogP contribution in [0.15, 0.2) is 12.2 Å². The van der Waals surface area contributed by atoms with Crippen LogP contribution in [0, 0.1) is 5.92 Å². The highest BCUT2D eigenvalue weighted by Crippen LogP contribution is 2.20. The number of amides is 1. The number of rotatable bonds is 5. The van der Waals surface area contributed by atoms with E-state index in [2.05, 4.69) is 0 Å². The van der Waals surface area contributed by atoms with Crippen LogP contribution in [0.4, 0.5) is 8.78 Å². The Hall–Kier alpha value is -0.970. The van der Waals surface area contributed by atoms with Gasteiger partial charge >= 0.3 is 0 Å². The van der Waals surface area contributed by atoms with Gasteiger partial charge in [-0.3, -0.25) is 4.79 Å². The Balaban J connectivity index is 2.50. The normalized spacial score (nSPS) is 16.3. The van der Waals surface area contributed by atoms with E-state index in [0.717, 1.165) is 4.90 Å². The lowest BCUT2D eigenvalue weighted by Gasteiger charge is -2.24. The highest BCUT2D eigenvalue weighted by atomic mass is 19.3. The Morgan fingerprint density at radius 1 is 1.47 bits per heavy atom. The number of carbonyl (C=O) groups is 1. The van der Waals surface area contributed by atoms with Crippen molar-refractivity contribution in [1.82, 2.24) is 4.90 Å². The average Bonchev–Trinajstić information content (AvgIpc) is 2.68. The maximum Gasteiger partial charge on any atom is 0.255 e. The predicted molar refractivity (Wildman–Crippen MR) is 51.5 cm³/mol. The average molecular weight is 219 g/mol. The minimum Gasteiger partial charge on any atom is -0.395 e. The summed E-state index contributed by atoms with van der Waals surface area (Å²) in [6.07, 6.45) is 2.44. The Labute approximate surface area is 87.4 Å². The third kappa shape index (κ3) is 3.58. The molecule has 1 aliphatic carbocycles. The van der Waals surface area contributed by atoms with Crippen molar-refractivity contribution in [3.8, 4) is 0 Å². The molecule has 0 aromatic heterocycles. The number of hydrogen-bond donors (Lipinski definition) is 1. The molecule has 1 rings (SSSR count). The molecule has 0 aromatic carbocycles. The van der Waals surface area contributed by atoms with Gasteiger partial charge in [0.1, 0.15) is 0 Å². The second-order valence-corrected chi connectivity index (χ2v) is 3.54. The van der Waals surface area contributed by atoms with Gasteiger partial charge in [0.05, 0.1) is 13.2 Å². The molecule has 1 N–H and O–H groups in total. The van der Waals surface area contributed by atoms with Crippen LogP contribution < -0.4 is 0 Å². The van der Waals surface area contributed by atoms with Crippen molar-refractivity contribution in [2.75, 3.05) is 19.7 Å². The second kappa shape index (κ2) is 5.80. The molecule has 0 saturated heterocycles. The molecule has 0 aromatic rings. The zero-order valence-electron chi connectivity index (χ0n) is 8.40. The second-order valence-electron chi connectivity index (χ2n) is 3.54. The molecule has 5 heteroatoms. The summed E-state index contributed by atoms with van der Waals surface area (Å²) < 4.78 is 24.3. The number of aliphatic hydroxyl groups is 1. The summed E-state index contributed by atoms with van der Waals surface area (Å²) in [6, 6.07) is 0. The molecule has 0 bridgehead atoms. The largest absolute Gasteiger partial charge is 0.395 e. The Morgan fingerprint density at radius 3 is 2.53 bits per heavy atom. The summed E-state index contributed by atoms with van der Waals surface area (Å²) >= 11 is 0. The minimum atomic E-state index is -2.55. The summed E-state index contributed by atoms with van der Waals surface area (Å²) in [4.78, 5) is 12.8. The van der Waals surface area contributed by atoms with E-state index in [4.69, 9.17) is 5.11 Å². The third-order valence-corrected chi connectivity index (χ3v) is 2.40. The van der Waals surface area contributed by atoms with Crippen LogP contribution in [-0.4, -0.2) is 42.0 Å². The van der Waals surface area contributed by atoms with E-state index in [0.29, 0.717) is 12.8 Å². The van der Waals surface area contributed by atoms with E-state index >= 15 is 0 Å². The zero-order valence-corrected chi connectivity index (χ0v) is 8.40. The molecule has 0 saturated carbocycles. The van der Waals surface area contributed by atoms with Crippen LogP contribution in [0.5, 0.6) is 0 Å². The molecular formula is C10H15F2NO2. The van der Waals surface area contributed by atoms with Crippen molar-refractivity contribution >= 4 is 5.91 Å². The first-order chi connectivity index (χ1) is 7.15. The summed E-state index contributed by atoms with van der Waals surface area (Å²) in [7, 11) is 0. The fraction of sp³-hybridized carbons (Fsp3) is 0.700. The van der Waals surface area contributed by atoms with E-state index < -0.39 is 13.0 Å². The summed E-state index contributed by atoms with van der Waals surface area (Å²) in [6.45, 7) is -0.881. The summed E-state index contributed by atoms with van der Waals surface area (Å²) in [5.41, 5.74) is 0. The first kappa shape index (κ1) is 12.1. The molecule has 0 heterocycles. The van der Waals surface area contributed by atoms with Gasteiger partial charge in [0.15, 0.2) is 0 Å². The van der Waals surface area contributed by atoms with Crippen LogP contribution >= 0.6 is 0 Å². The first-order valence-corrected chi connectivity index (χ1v) is 4.98. The van der Waals surface area contributed by atoms with Crippen LogP contribution in [-0.2, 0) is 4.79 Å². The highest BCUT2D eigenvalue weighted by molar-refractivity contribution is 5.79. The van der Waals surface area contributed by atoms with E-state index in [1.54, 1.807) is 0 Å². The molecular weight excluding hydrogens is 204 g/mol. The predicted octanol–water partition coefficient (Wildman–Crippen LogP) is 1.04. The number of aliphatic hydroxyl groups excluding tert-OH is 1. The van der Waals surface area contributed by atoms with Crippen molar-refractivity contribution in [3.05, 3.63) is 12.2 Å². The molecule has 0 unspecified atom stereocenters. The summed E-state index contributed by atoms with van der Waals surface area (Å²) in [5.74, 6) is -0.496. The molecule has 0 radical (unpaired) electrons. The lowest BCUT2D eigenvalue weighted by atomic mass is 10.1. The van der Waals surface area contributed by atoms with E-state index in [-0.39, 0.29) is 25.0 Å². The molecule has 0 fully saturated rings. The quantitative estimate of drug-likeness (QED) is 0.702. The van der Waals surface area contributed by atoms with Crippen LogP contribution in [0.2, 0.25) is 0 Å². The lowest BCUT2D eigenvalue weighted by Crippen LogP contribution is -2.40. The van der Waals surface area contributed by atoms with Crippen molar-refractivity contribution < 1.29 is 18.7 Å². The Bertz CT molecular complexity index is 236. The van der Waals surface area contributed by atoms with E-state index in [9.17, 15) is 13.6 Å².